The molecule has 3 rings (SSSR count). The summed E-state index contributed by atoms with van der Waals surface area (Å²) in [5.74, 6) is 0.860. The fourth-order valence-corrected chi connectivity index (χ4v) is 3.09. The van der Waals surface area contributed by atoms with E-state index in [-0.39, 0.29) is 0 Å². The Morgan fingerprint density at radius 2 is 2.38 bits per heavy atom. The summed E-state index contributed by atoms with van der Waals surface area (Å²) in [6.45, 7) is 4.73. The van der Waals surface area contributed by atoms with Gasteiger partial charge in [-0.3, -0.25) is 0 Å². The quantitative estimate of drug-likeness (QED) is 0.845. The predicted octanol–water partition coefficient (Wildman–Crippen LogP) is 1.72. The third kappa shape index (κ3) is 2.62. The molecular weight excluding hydrogens is 218 g/mol. The van der Waals surface area contributed by atoms with Crippen LogP contribution < -0.4 is 5.32 Å². The minimum absolute atomic E-state index is 0.860. The second kappa shape index (κ2) is 4.82. The van der Waals surface area contributed by atoms with E-state index < -0.39 is 0 Å². The molecule has 1 aromatic heterocycles. The lowest BCUT2D eigenvalue weighted by atomic mass is 10.1. The summed E-state index contributed by atoms with van der Waals surface area (Å²) in [5, 5.41) is 5.65. The van der Waals surface area contributed by atoms with Crippen LogP contribution in [0.5, 0.6) is 0 Å². The summed E-state index contributed by atoms with van der Waals surface area (Å²) < 4.78 is 0. The van der Waals surface area contributed by atoms with E-state index >= 15 is 0 Å². The summed E-state index contributed by atoms with van der Waals surface area (Å²) in [4.78, 5) is 6.95. The molecule has 0 aromatic carbocycles. The van der Waals surface area contributed by atoms with E-state index in [1.165, 1.54) is 38.0 Å². The summed E-state index contributed by atoms with van der Waals surface area (Å²) in [6.07, 6.45) is 4.26. The van der Waals surface area contributed by atoms with E-state index in [0.717, 1.165) is 25.0 Å². The first-order chi connectivity index (χ1) is 7.92. The molecule has 0 spiro atoms. The molecule has 1 aliphatic carbocycles. The molecule has 1 saturated heterocycles. The number of rotatable bonds is 5. The Hall–Kier alpha value is -0.450. The molecule has 2 heterocycles. The standard InChI is InChI=1S/C12H19N3S/c1-2-12(1)15-4-3-10(7-15)5-13-6-11-8-16-9-14-11/h8-10,12-13H,1-7H2. The molecule has 1 aliphatic heterocycles. The second-order valence-corrected chi connectivity index (χ2v) is 5.71. The van der Waals surface area contributed by atoms with Crippen molar-refractivity contribution in [2.75, 3.05) is 19.6 Å². The molecular formula is C12H19N3S. The van der Waals surface area contributed by atoms with Crippen molar-refractivity contribution in [3.63, 3.8) is 0 Å². The Bertz CT molecular complexity index is 321. The van der Waals surface area contributed by atoms with Crippen molar-refractivity contribution >= 4 is 11.3 Å². The Kier molecular flexibility index (Phi) is 3.22. The van der Waals surface area contributed by atoms with Crippen LogP contribution in [0.2, 0.25) is 0 Å². The highest BCUT2D eigenvalue weighted by molar-refractivity contribution is 7.07. The van der Waals surface area contributed by atoms with Crippen LogP contribution in [-0.4, -0.2) is 35.6 Å². The molecule has 1 aromatic rings. The first kappa shape index (κ1) is 10.7. The van der Waals surface area contributed by atoms with Crippen LogP contribution in [0.15, 0.2) is 10.9 Å². The van der Waals surface area contributed by atoms with Gasteiger partial charge in [0.1, 0.15) is 0 Å². The van der Waals surface area contributed by atoms with Gasteiger partial charge in [-0.1, -0.05) is 0 Å². The van der Waals surface area contributed by atoms with Crippen LogP contribution >= 0.6 is 11.3 Å². The Morgan fingerprint density at radius 1 is 1.44 bits per heavy atom. The molecule has 0 radical (unpaired) electrons. The molecule has 1 atom stereocenters. The molecule has 2 fully saturated rings. The number of aromatic nitrogens is 1. The molecule has 16 heavy (non-hydrogen) atoms. The largest absolute Gasteiger partial charge is 0.311 e. The summed E-state index contributed by atoms with van der Waals surface area (Å²) in [6, 6.07) is 0.948. The van der Waals surface area contributed by atoms with Crippen LogP contribution in [0.25, 0.3) is 0 Å². The van der Waals surface area contributed by atoms with E-state index in [4.69, 9.17) is 0 Å². The van der Waals surface area contributed by atoms with Crippen LogP contribution in [0, 0.1) is 5.92 Å². The van der Waals surface area contributed by atoms with E-state index in [0.29, 0.717) is 0 Å². The van der Waals surface area contributed by atoms with Crippen LogP contribution in [-0.2, 0) is 6.54 Å². The fraction of sp³-hybridized carbons (Fsp3) is 0.750. The molecule has 0 amide bonds. The number of hydrogen-bond donors (Lipinski definition) is 1. The maximum Gasteiger partial charge on any atom is 0.0795 e. The zero-order chi connectivity index (χ0) is 10.8. The number of likely N-dealkylation sites (tertiary alicyclic amines) is 1. The molecule has 1 unspecified atom stereocenters. The first-order valence-corrected chi connectivity index (χ1v) is 7.18. The van der Waals surface area contributed by atoms with Gasteiger partial charge in [-0.05, 0) is 38.3 Å². The van der Waals surface area contributed by atoms with Gasteiger partial charge in [-0.2, -0.15) is 0 Å². The van der Waals surface area contributed by atoms with Crippen molar-refractivity contribution in [1.29, 1.82) is 0 Å². The van der Waals surface area contributed by atoms with Crippen molar-refractivity contribution in [1.82, 2.24) is 15.2 Å². The SMILES string of the molecule is c1nc(CNCC2CCN(C3CC3)C2)cs1. The van der Waals surface area contributed by atoms with Gasteiger partial charge in [0.2, 0.25) is 0 Å². The fourth-order valence-electron chi connectivity index (χ4n) is 2.53. The molecule has 88 valence electrons. The smallest absolute Gasteiger partial charge is 0.0795 e. The lowest BCUT2D eigenvalue weighted by molar-refractivity contribution is 0.311. The number of nitrogens with one attached hydrogen (secondary N) is 1. The molecule has 0 bridgehead atoms. The Balaban J connectivity index is 1.36. The lowest BCUT2D eigenvalue weighted by Gasteiger charge is -2.14. The van der Waals surface area contributed by atoms with Gasteiger partial charge >= 0.3 is 0 Å². The van der Waals surface area contributed by atoms with Gasteiger partial charge in [0.25, 0.3) is 0 Å². The second-order valence-electron chi connectivity index (χ2n) is 4.99. The van der Waals surface area contributed by atoms with Crippen molar-refractivity contribution < 1.29 is 0 Å². The molecule has 1 saturated carbocycles. The van der Waals surface area contributed by atoms with Gasteiger partial charge in [0.05, 0.1) is 11.2 Å². The molecule has 4 heteroatoms. The minimum Gasteiger partial charge on any atom is -0.311 e. The minimum atomic E-state index is 0.860. The predicted molar refractivity (Wildman–Crippen MR) is 66.5 cm³/mol. The van der Waals surface area contributed by atoms with Gasteiger partial charge < -0.3 is 10.2 Å². The van der Waals surface area contributed by atoms with Gasteiger partial charge in [0, 0.05) is 24.5 Å². The highest BCUT2D eigenvalue weighted by atomic mass is 32.1. The summed E-state index contributed by atoms with van der Waals surface area (Å²) in [5.41, 5.74) is 3.09. The van der Waals surface area contributed by atoms with E-state index in [1.54, 1.807) is 11.3 Å². The maximum absolute atomic E-state index is 4.28. The Morgan fingerprint density at radius 3 is 3.12 bits per heavy atom. The van der Waals surface area contributed by atoms with Crippen molar-refractivity contribution in [2.45, 2.75) is 31.8 Å². The van der Waals surface area contributed by atoms with Crippen molar-refractivity contribution in [3.8, 4) is 0 Å². The maximum atomic E-state index is 4.28. The van der Waals surface area contributed by atoms with Crippen LogP contribution in [0.1, 0.15) is 25.0 Å². The van der Waals surface area contributed by atoms with Gasteiger partial charge in [-0.15, -0.1) is 11.3 Å². The number of thiazole rings is 1. The summed E-state index contributed by atoms with van der Waals surface area (Å²) in [7, 11) is 0. The Labute approximate surface area is 101 Å². The van der Waals surface area contributed by atoms with Crippen LogP contribution in [0.3, 0.4) is 0 Å². The van der Waals surface area contributed by atoms with E-state index in [1.807, 2.05) is 5.51 Å². The number of nitrogens with zero attached hydrogens (tertiary/aromatic N) is 2. The monoisotopic (exact) mass is 237 g/mol. The summed E-state index contributed by atoms with van der Waals surface area (Å²) >= 11 is 1.68. The molecule has 2 aliphatic rings. The highest BCUT2D eigenvalue weighted by Gasteiger charge is 2.33. The normalized spacial score (nSPS) is 26.4. The van der Waals surface area contributed by atoms with Gasteiger partial charge in [0.15, 0.2) is 0 Å². The van der Waals surface area contributed by atoms with E-state index in [2.05, 4.69) is 20.6 Å². The zero-order valence-corrected chi connectivity index (χ0v) is 10.4. The average molecular weight is 237 g/mol. The van der Waals surface area contributed by atoms with Gasteiger partial charge in [-0.25, -0.2) is 4.98 Å². The average Bonchev–Trinajstić information content (AvgIpc) is 2.83. The topological polar surface area (TPSA) is 28.2 Å². The van der Waals surface area contributed by atoms with Crippen molar-refractivity contribution in [3.05, 3.63) is 16.6 Å². The molecule has 1 N–H and O–H groups in total. The zero-order valence-electron chi connectivity index (χ0n) is 9.56. The number of hydrogen-bond acceptors (Lipinski definition) is 4. The van der Waals surface area contributed by atoms with Crippen LogP contribution in [0.4, 0.5) is 0 Å². The van der Waals surface area contributed by atoms with Crippen molar-refractivity contribution in [2.24, 2.45) is 5.92 Å². The highest BCUT2D eigenvalue weighted by Crippen LogP contribution is 2.31. The molecule has 3 nitrogen and oxygen atoms in total. The third-order valence-corrected chi connectivity index (χ3v) is 4.24. The first-order valence-electron chi connectivity index (χ1n) is 6.23. The lowest BCUT2D eigenvalue weighted by Crippen LogP contribution is -2.27. The van der Waals surface area contributed by atoms with E-state index in [9.17, 15) is 0 Å². The third-order valence-electron chi connectivity index (χ3n) is 3.60.